The molecule has 28 heavy (non-hydrogen) atoms. The van der Waals surface area contributed by atoms with Crippen LogP contribution < -0.4 is 5.32 Å². The molecule has 3 heterocycles. The van der Waals surface area contributed by atoms with Crippen molar-refractivity contribution in [3.05, 3.63) is 65.4 Å². The highest BCUT2D eigenvalue weighted by molar-refractivity contribution is 5.88. The van der Waals surface area contributed by atoms with Gasteiger partial charge in [-0.1, -0.05) is 0 Å². The molecule has 4 rings (SSSR count). The molecule has 0 bridgehead atoms. The molecule has 0 radical (unpaired) electrons. The van der Waals surface area contributed by atoms with Crippen molar-refractivity contribution in [1.29, 1.82) is 0 Å². The highest BCUT2D eigenvalue weighted by Crippen LogP contribution is 2.25. The maximum Gasteiger partial charge on any atom is 0.225 e. The second kappa shape index (κ2) is 7.26. The van der Waals surface area contributed by atoms with Gasteiger partial charge in [-0.3, -0.25) is 14.9 Å². The Labute approximate surface area is 162 Å². The van der Waals surface area contributed by atoms with Crippen LogP contribution in [-0.4, -0.2) is 26.1 Å². The Balaban J connectivity index is 1.45. The van der Waals surface area contributed by atoms with Gasteiger partial charge in [-0.15, -0.1) is 0 Å². The third-order valence-electron chi connectivity index (χ3n) is 4.83. The molecule has 0 aliphatic carbocycles. The van der Waals surface area contributed by atoms with Crippen molar-refractivity contribution in [2.24, 2.45) is 0 Å². The van der Waals surface area contributed by atoms with E-state index >= 15 is 0 Å². The average molecular weight is 375 g/mol. The number of benzene rings is 1. The van der Waals surface area contributed by atoms with Gasteiger partial charge < -0.3 is 9.73 Å². The fourth-order valence-corrected chi connectivity index (χ4v) is 3.10. The van der Waals surface area contributed by atoms with Crippen molar-refractivity contribution in [3.63, 3.8) is 0 Å². The number of rotatable bonds is 5. The summed E-state index contributed by atoms with van der Waals surface area (Å²) in [6, 6.07) is 7.49. The highest BCUT2D eigenvalue weighted by Gasteiger charge is 2.17. The summed E-state index contributed by atoms with van der Waals surface area (Å²) in [4.78, 5) is 21.1. The first-order valence-corrected chi connectivity index (χ1v) is 9.10. The van der Waals surface area contributed by atoms with Crippen LogP contribution in [0, 0.1) is 13.8 Å². The number of aromatic amines is 1. The van der Waals surface area contributed by atoms with Gasteiger partial charge in [-0.05, 0) is 56.2 Å². The number of fused-ring (bicyclic) bond motifs is 1. The number of amides is 1. The van der Waals surface area contributed by atoms with Crippen molar-refractivity contribution >= 4 is 16.9 Å². The molecular formula is C21H21N5O2. The Morgan fingerprint density at radius 3 is 2.89 bits per heavy atom. The zero-order valence-electron chi connectivity index (χ0n) is 16.0. The molecular weight excluding hydrogens is 354 g/mol. The summed E-state index contributed by atoms with van der Waals surface area (Å²) in [7, 11) is 0. The number of hydrogen-bond acceptors (Lipinski definition) is 5. The molecule has 0 fully saturated rings. The molecule has 0 aliphatic rings. The van der Waals surface area contributed by atoms with E-state index in [0.29, 0.717) is 11.6 Å². The lowest BCUT2D eigenvalue weighted by molar-refractivity contribution is -0.121. The van der Waals surface area contributed by atoms with Crippen molar-refractivity contribution in [2.75, 3.05) is 0 Å². The van der Waals surface area contributed by atoms with E-state index in [1.54, 1.807) is 18.7 Å². The average Bonchev–Trinajstić information content (AvgIpc) is 3.31. The number of furan rings is 1. The minimum atomic E-state index is -0.299. The summed E-state index contributed by atoms with van der Waals surface area (Å²) < 4.78 is 5.61. The van der Waals surface area contributed by atoms with Crippen molar-refractivity contribution in [2.45, 2.75) is 33.2 Å². The van der Waals surface area contributed by atoms with Gasteiger partial charge in [0.25, 0.3) is 0 Å². The van der Waals surface area contributed by atoms with Crippen LogP contribution in [0.15, 0.2) is 47.3 Å². The lowest BCUT2D eigenvalue weighted by Gasteiger charge is -2.10. The van der Waals surface area contributed by atoms with Crippen LogP contribution in [0.4, 0.5) is 0 Å². The topological polar surface area (TPSA) is 96.7 Å². The lowest BCUT2D eigenvalue weighted by Crippen LogP contribution is -2.28. The lowest BCUT2D eigenvalue weighted by atomic mass is 10.0. The first kappa shape index (κ1) is 17.9. The number of H-pyrrole nitrogens is 1. The Bertz CT molecular complexity index is 1130. The standard InChI is InChI=1S/C21H21N5O2/c1-12-7-17-16(11-28-18(17)8-13(12)2)9-19(27)23-14(3)20-24-21(26-25-20)15-5-4-6-22-10-15/h4-8,10-11,14H,9H2,1-3H3,(H,23,27)(H,24,25,26)/t14-/m1/s1. The molecule has 0 saturated heterocycles. The van der Waals surface area contributed by atoms with Crippen LogP contribution in [0.25, 0.3) is 22.4 Å². The summed E-state index contributed by atoms with van der Waals surface area (Å²) in [5, 5.41) is 11.0. The fourth-order valence-electron chi connectivity index (χ4n) is 3.10. The molecule has 3 aromatic heterocycles. The van der Waals surface area contributed by atoms with Gasteiger partial charge in [0.05, 0.1) is 18.7 Å². The Morgan fingerprint density at radius 1 is 1.29 bits per heavy atom. The quantitative estimate of drug-likeness (QED) is 0.555. The van der Waals surface area contributed by atoms with Gasteiger partial charge in [-0.2, -0.15) is 5.10 Å². The van der Waals surface area contributed by atoms with Crippen LogP contribution in [0.1, 0.15) is 35.5 Å². The van der Waals surface area contributed by atoms with Crippen molar-refractivity contribution < 1.29 is 9.21 Å². The largest absolute Gasteiger partial charge is 0.464 e. The molecule has 4 aromatic rings. The van der Waals surface area contributed by atoms with Crippen molar-refractivity contribution in [3.8, 4) is 11.4 Å². The number of carbonyl (C=O) groups is 1. The molecule has 7 heteroatoms. The maximum atomic E-state index is 12.5. The number of nitrogens with zero attached hydrogens (tertiary/aromatic N) is 3. The van der Waals surface area contributed by atoms with Crippen LogP contribution in [0.5, 0.6) is 0 Å². The molecule has 7 nitrogen and oxygen atoms in total. The number of carbonyl (C=O) groups excluding carboxylic acids is 1. The summed E-state index contributed by atoms with van der Waals surface area (Å²) in [6.07, 6.45) is 5.29. The molecule has 0 aliphatic heterocycles. The third kappa shape index (κ3) is 3.51. The predicted octanol–water partition coefficient (Wildman–Crippen LogP) is 3.65. The van der Waals surface area contributed by atoms with Gasteiger partial charge in [0, 0.05) is 28.9 Å². The van der Waals surface area contributed by atoms with Crippen molar-refractivity contribution in [1.82, 2.24) is 25.5 Å². The third-order valence-corrected chi connectivity index (χ3v) is 4.83. The summed E-state index contributed by atoms with van der Waals surface area (Å²) in [5.74, 6) is 1.04. The zero-order chi connectivity index (χ0) is 19.7. The minimum absolute atomic E-state index is 0.104. The van der Waals surface area contributed by atoms with Gasteiger partial charge in [0.15, 0.2) is 5.82 Å². The molecule has 1 aromatic carbocycles. The Hall–Kier alpha value is -3.48. The second-order valence-corrected chi connectivity index (χ2v) is 6.95. The Kier molecular flexibility index (Phi) is 4.65. The minimum Gasteiger partial charge on any atom is -0.464 e. The van der Waals surface area contributed by atoms with E-state index in [9.17, 15) is 4.79 Å². The molecule has 0 unspecified atom stereocenters. The van der Waals surface area contributed by atoms with E-state index < -0.39 is 0 Å². The normalized spacial score (nSPS) is 12.2. The number of pyridine rings is 1. The molecule has 1 amide bonds. The zero-order valence-corrected chi connectivity index (χ0v) is 16.0. The molecule has 142 valence electrons. The summed E-state index contributed by atoms with van der Waals surface area (Å²) >= 11 is 0. The molecule has 2 N–H and O–H groups in total. The first-order valence-electron chi connectivity index (χ1n) is 9.10. The van der Waals surface area contributed by atoms with Gasteiger partial charge in [0.1, 0.15) is 11.4 Å². The maximum absolute atomic E-state index is 12.5. The van der Waals surface area contributed by atoms with Crippen LogP contribution in [-0.2, 0) is 11.2 Å². The van der Waals surface area contributed by atoms with Crippen LogP contribution >= 0.6 is 0 Å². The molecule has 0 spiro atoms. The van der Waals surface area contributed by atoms with E-state index in [4.69, 9.17) is 4.42 Å². The van der Waals surface area contributed by atoms with Gasteiger partial charge >= 0.3 is 0 Å². The SMILES string of the molecule is Cc1cc2occ(CC(=O)N[C@H](C)c3nc(-c4cccnc4)n[nH]3)c2cc1C. The first-order chi connectivity index (χ1) is 13.5. The van der Waals surface area contributed by atoms with Gasteiger partial charge in [-0.25, -0.2) is 4.98 Å². The number of hydrogen-bond donors (Lipinski definition) is 2. The second-order valence-electron chi connectivity index (χ2n) is 6.95. The smallest absolute Gasteiger partial charge is 0.225 e. The van der Waals surface area contributed by atoms with Crippen LogP contribution in [0.3, 0.4) is 0 Å². The van der Waals surface area contributed by atoms with Crippen LogP contribution in [0.2, 0.25) is 0 Å². The van der Waals surface area contributed by atoms with E-state index in [2.05, 4.69) is 38.5 Å². The fraction of sp³-hybridized carbons (Fsp3) is 0.238. The van der Waals surface area contributed by atoms with E-state index in [0.717, 1.165) is 22.1 Å². The van der Waals surface area contributed by atoms with E-state index in [-0.39, 0.29) is 18.4 Å². The summed E-state index contributed by atoms with van der Waals surface area (Å²) in [5.41, 5.74) is 4.83. The van der Waals surface area contributed by atoms with E-state index in [1.165, 1.54) is 11.1 Å². The monoisotopic (exact) mass is 375 g/mol. The van der Waals surface area contributed by atoms with E-state index in [1.807, 2.05) is 32.0 Å². The molecule has 1 atom stereocenters. The predicted molar refractivity (Wildman–Crippen MR) is 106 cm³/mol. The number of aromatic nitrogens is 4. The molecule has 0 saturated carbocycles. The number of aryl methyl sites for hydroxylation is 2. The highest BCUT2D eigenvalue weighted by atomic mass is 16.3. The Morgan fingerprint density at radius 2 is 2.11 bits per heavy atom. The van der Waals surface area contributed by atoms with Gasteiger partial charge in [0.2, 0.25) is 5.91 Å². The summed E-state index contributed by atoms with van der Waals surface area (Å²) in [6.45, 7) is 5.96. The number of nitrogens with one attached hydrogen (secondary N) is 2.